The summed E-state index contributed by atoms with van der Waals surface area (Å²) in [6.07, 6.45) is 1.14. The van der Waals surface area contributed by atoms with Crippen LogP contribution in [-0.4, -0.2) is 27.7 Å². The third kappa shape index (κ3) is 3.00. The number of fused-ring (bicyclic) bond motifs is 4. The van der Waals surface area contributed by atoms with Gasteiger partial charge in [-0.2, -0.15) is 0 Å². The fourth-order valence-corrected chi connectivity index (χ4v) is 4.50. The lowest BCUT2D eigenvalue weighted by Gasteiger charge is -2.43. The van der Waals surface area contributed by atoms with Crippen LogP contribution in [0.3, 0.4) is 0 Å². The molecule has 4 rings (SSSR count). The summed E-state index contributed by atoms with van der Waals surface area (Å²) in [6, 6.07) is 13.6. The van der Waals surface area contributed by atoms with Gasteiger partial charge < -0.3 is 14.8 Å². The molecule has 1 N–H and O–H groups in total. The second-order valence-electron chi connectivity index (χ2n) is 6.54. The van der Waals surface area contributed by atoms with Crippen LogP contribution in [0.25, 0.3) is 0 Å². The van der Waals surface area contributed by atoms with E-state index in [9.17, 15) is 4.79 Å². The van der Waals surface area contributed by atoms with E-state index < -0.39 is 0 Å². The number of pyridine rings is 1. The number of halogens is 1. The molecule has 0 spiro atoms. The van der Waals surface area contributed by atoms with Crippen molar-refractivity contribution >= 4 is 38.9 Å². The first kappa shape index (κ1) is 15.8. The van der Waals surface area contributed by atoms with E-state index in [1.807, 2.05) is 34.9 Å². The predicted octanol–water partition coefficient (Wildman–Crippen LogP) is 3.43. The van der Waals surface area contributed by atoms with E-state index in [0.717, 1.165) is 47.0 Å². The lowest BCUT2D eigenvalue weighted by atomic mass is 9.83. The average Bonchev–Trinajstić information content (AvgIpc) is 2.56. The zero-order chi connectivity index (χ0) is 16.7. The van der Waals surface area contributed by atoms with Gasteiger partial charge >= 0.3 is 0 Å². The van der Waals surface area contributed by atoms with Gasteiger partial charge in [0.05, 0.1) is 0 Å². The number of hydrogen-bond acceptors (Lipinski definition) is 2. The number of thiocarbonyl (C=S) groups is 1. The van der Waals surface area contributed by atoms with Gasteiger partial charge in [0.2, 0.25) is 0 Å². The fraction of sp³-hybridized carbons (Fsp3) is 0.333. The molecule has 6 heteroatoms. The van der Waals surface area contributed by atoms with Crippen LogP contribution in [0.2, 0.25) is 0 Å². The first-order valence-corrected chi connectivity index (χ1v) is 9.31. The number of anilines is 1. The number of benzene rings is 1. The van der Waals surface area contributed by atoms with Gasteiger partial charge in [0.1, 0.15) is 0 Å². The number of piperidine rings is 1. The Hall–Kier alpha value is -1.66. The minimum Gasteiger partial charge on any atom is -0.348 e. The number of hydrogen-bond donors (Lipinski definition) is 1. The molecule has 0 aliphatic carbocycles. The van der Waals surface area contributed by atoms with Gasteiger partial charge in [0.15, 0.2) is 5.11 Å². The molecule has 1 fully saturated rings. The van der Waals surface area contributed by atoms with Crippen molar-refractivity contribution in [1.29, 1.82) is 0 Å². The highest BCUT2D eigenvalue weighted by Gasteiger charge is 2.35. The van der Waals surface area contributed by atoms with E-state index in [4.69, 9.17) is 12.2 Å². The molecule has 2 atom stereocenters. The van der Waals surface area contributed by atoms with Crippen molar-refractivity contribution < 1.29 is 0 Å². The zero-order valence-electron chi connectivity index (χ0n) is 13.1. The molecule has 2 aliphatic rings. The Labute approximate surface area is 154 Å². The van der Waals surface area contributed by atoms with E-state index in [1.165, 1.54) is 0 Å². The second kappa shape index (κ2) is 6.33. The Bertz CT molecular complexity index is 850. The van der Waals surface area contributed by atoms with Crippen LogP contribution in [0.4, 0.5) is 5.69 Å². The highest BCUT2D eigenvalue weighted by atomic mass is 79.9. The van der Waals surface area contributed by atoms with Crippen LogP contribution in [0.15, 0.2) is 51.7 Å². The van der Waals surface area contributed by atoms with E-state index in [2.05, 4.69) is 32.2 Å². The van der Waals surface area contributed by atoms with Crippen molar-refractivity contribution in [2.24, 2.45) is 5.92 Å². The molecule has 24 heavy (non-hydrogen) atoms. The maximum Gasteiger partial charge on any atom is 0.250 e. The summed E-state index contributed by atoms with van der Waals surface area (Å²) in [4.78, 5) is 14.3. The monoisotopic (exact) mass is 403 g/mol. The molecule has 2 aliphatic heterocycles. The normalized spacial score (nSPS) is 22.0. The van der Waals surface area contributed by atoms with Crippen molar-refractivity contribution in [3.05, 3.63) is 63.0 Å². The van der Waals surface area contributed by atoms with Crippen LogP contribution >= 0.6 is 28.1 Å². The van der Waals surface area contributed by atoms with E-state index in [0.29, 0.717) is 11.8 Å². The van der Waals surface area contributed by atoms with Crippen LogP contribution in [0.5, 0.6) is 0 Å². The van der Waals surface area contributed by atoms with Gasteiger partial charge in [-0.05, 0) is 48.8 Å². The molecule has 2 aromatic rings. The number of nitrogens with one attached hydrogen (secondary N) is 1. The Morgan fingerprint density at radius 3 is 2.83 bits per heavy atom. The van der Waals surface area contributed by atoms with Crippen molar-refractivity contribution in [3.8, 4) is 0 Å². The first-order chi connectivity index (χ1) is 11.6. The highest BCUT2D eigenvalue weighted by molar-refractivity contribution is 9.10. The van der Waals surface area contributed by atoms with Crippen LogP contribution in [0, 0.1) is 5.92 Å². The molecule has 124 valence electrons. The largest absolute Gasteiger partial charge is 0.348 e. The summed E-state index contributed by atoms with van der Waals surface area (Å²) in [6.45, 7) is 2.55. The SMILES string of the molecule is O=c1cccc2n1C[C@@H]1C[C@@H]2CN(C(=S)Nc2cccc(Br)c2)C1. The topological polar surface area (TPSA) is 37.3 Å². The minimum absolute atomic E-state index is 0.116. The molecule has 1 saturated heterocycles. The molecule has 3 heterocycles. The molecule has 0 amide bonds. The lowest BCUT2D eigenvalue weighted by Crippen LogP contribution is -2.50. The third-order valence-corrected chi connectivity index (χ3v) is 5.70. The smallest absolute Gasteiger partial charge is 0.250 e. The van der Waals surface area contributed by atoms with Crippen LogP contribution in [-0.2, 0) is 6.54 Å². The van der Waals surface area contributed by atoms with E-state index in [-0.39, 0.29) is 5.56 Å². The molecular formula is C18H18BrN3OS. The molecule has 0 radical (unpaired) electrons. The maximum atomic E-state index is 12.1. The molecule has 0 unspecified atom stereocenters. The molecular weight excluding hydrogens is 386 g/mol. The summed E-state index contributed by atoms with van der Waals surface area (Å²) in [7, 11) is 0. The minimum atomic E-state index is 0.116. The predicted molar refractivity (Wildman–Crippen MR) is 103 cm³/mol. The van der Waals surface area contributed by atoms with Gasteiger partial charge in [-0.1, -0.05) is 28.1 Å². The van der Waals surface area contributed by atoms with Crippen molar-refractivity contribution in [2.75, 3.05) is 18.4 Å². The quantitative estimate of drug-likeness (QED) is 0.740. The van der Waals surface area contributed by atoms with Gasteiger partial charge in [-0.25, -0.2) is 0 Å². The number of nitrogens with zero attached hydrogens (tertiary/aromatic N) is 2. The van der Waals surface area contributed by atoms with Crippen LogP contribution < -0.4 is 10.9 Å². The second-order valence-corrected chi connectivity index (χ2v) is 7.85. The number of rotatable bonds is 1. The maximum absolute atomic E-state index is 12.1. The summed E-state index contributed by atoms with van der Waals surface area (Å²) in [5, 5.41) is 4.09. The summed E-state index contributed by atoms with van der Waals surface area (Å²) < 4.78 is 2.97. The highest BCUT2D eigenvalue weighted by Crippen LogP contribution is 2.35. The molecule has 1 aromatic carbocycles. The Balaban J connectivity index is 1.53. The lowest BCUT2D eigenvalue weighted by molar-refractivity contribution is 0.180. The Morgan fingerprint density at radius 1 is 1.17 bits per heavy atom. The Morgan fingerprint density at radius 2 is 2.00 bits per heavy atom. The fourth-order valence-electron chi connectivity index (χ4n) is 3.83. The molecule has 4 nitrogen and oxygen atoms in total. The Kier molecular flexibility index (Phi) is 4.18. The van der Waals surface area contributed by atoms with Crippen molar-refractivity contribution in [1.82, 2.24) is 9.47 Å². The van der Waals surface area contributed by atoms with E-state index >= 15 is 0 Å². The third-order valence-electron chi connectivity index (χ3n) is 4.84. The van der Waals surface area contributed by atoms with Crippen molar-refractivity contribution in [2.45, 2.75) is 18.9 Å². The standard InChI is InChI=1S/C18H18BrN3OS/c19-14-3-1-4-15(8-14)20-18(24)21-9-12-7-13(11-21)16-5-2-6-17(23)22(16)10-12/h1-6,8,12-13H,7,9-11H2,(H,20,24)/t12-,13-/m1/s1. The van der Waals surface area contributed by atoms with Gasteiger partial charge in [0.25, 0.3) is 5.56 Å². The summed E-state index contributed by atoms with van der Waals surface area (Å²) >= 11 is 9.12. The number of aromatic nitrogens is 1. The van der Waals surface area contributed by atoms with Gasteiger partial charge in [0, 0.05) is 47.5 Å². The summed E-state index contributed by atoms with van der Waals surface area (Å²) in [5.41, 5.74) is 2.25. The number of likely N-dealkylation sites (tertiary alicyclic amines) is 1. The molecule has 2 bridgehead atoms. The van der Waals surface area contributed by atoms with Gasteiger partial charge in [-0.15, -0.1) is 0 Å². The van der Waals surface area contributed by atoms with Gasteiger partial charge in [-0.3, -0.25) is 4.79 Å². The van der Waals surface area contributed by atoms with E-state index in [1.54, 1.807) is 6.07 Å². The average molecular weight is 404 g/mol. The zero-order valence-corrected chi connectivity index (χ0v) is 15.5. The first-order valence-electron chi connectivity index (χ1n) is 8.11. The van der Waals surface area contributed by atoms with Crippen LogP contribution in [0.1, 0.15) is 18.0 Å². The summed E-state index contributed by atoms with van der Waals surface area (Å²) in [5.74, 6) is 0.840. The molecule has 0 saturated carbocycles. The van der Waals surface area contributed by atoms with Crippen molar-refractivity contribution in [3.63, 3.8) is 0 Å². The molecule has 1 aromatic heterocycles.